The van der Waals surface area contributed by atoms with Crippen LogP contribution in [0.2, 0.25) is 0 Å². The van der Waals surface area contributed by atoms with Crippen LogP contribution in [0.4, 0.5) is 5.69 Å². The maximum absolute atomic E-state index is 12.1. The number of nitrogens with zero attached hydrogens (tertiary/aromatic N) is 2. The van der Waals surface area contributed by atoms with Gasteiger partial charge < -0.3 is 10.1 Å². The van der Waals surface area contributed by atoms with Gasteiger partial charge in [0.05, 0.1) is 19.2 Å². The van der Waals surface area contributed by atoms with Gasteiger partial charge in [0.1, 0.15) is 10.8 Å². The van der Waals surface area contributed by atoms with E-state index in [0.717, 1.165) is 16.3 Å². The van der Waals surface area contributed by atoms with E-state index in [1.807, 2.05) is 35.7 Å². The molecule has 0 spiro atoms. The second-order valence-electron chi connectivity index (χ2n) is 4.84. The molecule has 0 unspecified atom stereocenters. The molecule has 6 heteroatoms. The molecule has 1 aromatic carbocycles. The summed E-state index contributed by atoms with van der Waals surface area (Å²) in [4.78, 5) is 20.7. The van der Waals surface area contributed by atoms with Gasteiger partial charge in [-0.05, 0) is 24.3 Å². The second kappa shape index (κ2) is 7.02. The van der Waals surface area contributed by atoms with E-state index < -0.39 is 0 Å². The molecule has 0 fully saturated rings. The zero-order valence-electron chi connectivity index (χ0n) is 12.5. The second-order valence-corrected chi connectivity index (χ2v) is 5.70. The SMILES string of the molecule is COc1cccc(NC(=O)Cc2csc(-c3cccnc3)n2)c1. The molecule has 0 aliphatic carbocycles. The first-order valence-electron chi connectivity index (χ1n) is 7.03. The summed E-state index contributed by atoms with van der Waals surface area (Å²) in [6.07, 6.45) is 3.71. The summed E-state index contributed by atoms with van der Waals surface area (Å²) in [5.74, 6) is 0.594. The van der Waals surface area contributed by atoms with Gasteiger partial charge >= 0.3 is 0 Å². The molecule has 0 aliphatic heterocycles. The van der Waals surface area contributed by atoms with E-state index >= 15 is 0 Å². The first kappa shape index (κ1) is 15.2. The van der Waals surface area contributed by atoms with E-state index in [4.69, 9.17) is 4.74 Å². The highest BCUT2D eigenvalue weighted by Gasteiger charge is 2.09. The van der Waals surface area contributed by atoms with Crippen molar-refractivity contribution in [3.63, 3.8) is 0 Å². The fourth-order valence-corrected chi connectivity index (χ4v) is 2.89. The zero-order chi connectivity index (χ0) is 16.1. The Morgan fingerprint density at radius 1 is 1.30 bits per heavy atom. The quantitative estimate of drug-likeness (QED) is 0.781. The van der Waals surface area contributed by atoms with Gasteiger partial charge in [-0.25, -0.2) is 4.98 Å². The molecule has 0 aliphatic rings. The predicted octanol–water partition coefficient (Wildman–Crippen LogP) is 3.39. The molecule has 116 valence electrons. The van der Waals surface area contributed by atoms with Crippen LogP contribution in [0.3, 0.4) is 0 Å². The Labute approximate surface area is 138 Å². The monoisotopic (exact) mass is 325 g/mol. The molecular formula is C17H15N3O2S. The fourth-order valence-electron chi connectivity index (χ4n) is 2.08. The number of pyridine rings is 1. The van der Waals surface area contributed by atoms with Crippen LogP contribution in [-0.2, 0) is 11.2 Å². The number of benzene rings is 1. The van der Waals surface area contributed by atoms with E-state index in [2.05, 4.69) is 15.3 Å². The Kier molecular flexibility index (Phi) is 4.63. The largest absolute Gasteiger partial charge is 0.497 e. The average Bonchev–Trinajstić information content (AvgIpc) is 3.04. The van der Waals surface area contributed by atoms with Crippen LogP contribution in [0.15, 0.2) is 54.2 Å². The minimum Gasteiger partial charge on any atom is -0.497 e. The third-order valence-corrected chi connectivity index (χ3v) is 4.10. The maximum Gasteiger partial charge on any atom is 0.230 e. The van der Waals surface area contributed by atoms with E-state index in [0.29, 0.717) is 11.4 Å². The van der Waals surface area contributed by atoms with Crippen LogP contribution < -0.4 is 10.1 Å². The summed E-state index contributed by atoms with van der Waals surface area (Å²) in [5.41, 5.74) is 2.41. The number of aromatic nitrogens is 2. The number of ether oxygens (including phenoxy) is 1. The van der Waals surface area contributed by atoms with Gasteiger partial charge in [-0.3, -0.25) is 9.78 Å². The number of hydrogen-bond acceptors (Lipinski definition) is 5. The smallest absolute Gasteiger partial charge is 0.230 e. The van der Waals surface area contributed by atoms with Crippen molar-refractivity contribution in [1.82, 2.24) is 9.97 Å². The van der Waals surface area contributed by atoms with Crippen LogP contribution in [-0.4, -0.2) is 23.0 Å². The molecular weight excluding hydrogens is 310 g/mol. The highest BCUT2D eigenvalue weighted by molar-refractivity contribution is 7.13. The van der Waals surface area contributed by atoms with Crippen LogP contribution >= 0.6 is 11.3 Å². The van der Waals surface area contributed by atoms with Gasteiger partial charge in [0.2, 0.25) is 5.91 Å². The molecule has 1 amide bonds. The molecule has 0 atom stereocenters. The lowest BCUT2D eigenvalue weighted by Gasteiger charge is -2.06. The van der Waals surface area contributed by atoms with Gasteiger partial charge in [-0.15, -0.1) is 11.3 Å². The highest BCUT2D eigenvalue weighted by atomic mass is 32.1. The molecule has 0 radical (unpaired) electrons. The lowest BCUT2D eigenvalue weighted by Crippen LogP contribution is -2.14. The summed E-state index contributed by atoms with van der Waals surface area (Å²) >= 11 is 1.51. The van der Waals surface area contributed by atoms with Crippen molar-refractivity contribution >= 4 is 22.9 Å². The molecule has 3 rings (SSSR count). The van der Waals surface area contributed by atoms with Crippen molar-refractivity contribution in [2.45, 2.75) is 6.42 Å². The van der Waals surface area contributed by atoms with Crippen LogP contribution in [0.1, 0.15) is 5.69 Å². The lowest BCUT2D eigenvalue weighted by atomic mass is 10.2. The van der Waals surface area contributed by atoms with Crippen molar-refractivity contribution in [2.75, 3.05) is 12.4 Å². The van der Waals surface area contributed by atoms with Crippen LogP contribution in [0.25, 0.3) is 10.6 Å². The summed E-state index contributed by atoms with van der Waals surface area (Å²) in [6, 6.07) is 11.1. The van der Waals surface area contributed by atoms with Crippen LogP contribution in [0, 0.1) is 0 Å². The standard InChI is InChI=1S/C17H15N3O2S/c1-22-15-6-2-5-13(8-15)19-16(21)9-14-11-23-17(20-14)12-4-3-7-18-10-12/h2-8,10-11H,9H2,1H3,(H,19,21). The number of amides is 1. The number of rotatable bonds is 5. The number of anilines is 1. The van der Waals surface area contributed by atoms with Gasteiger partial charge in [0.25, 0.3) is 0 Å². The van der Waals surface area contributed by atoms with Crippen molar-refractivity contribution in [2.24, 2.45) is 0 Å². The van der Waals surface area contributed by atoms with Gasteiger partial charge in [-0.2, -0.15) is 0 Å². The third-order valence-electron chi connectivity index (χ3n) is 3.16. The minimum absolute atomic E-state index is 0.110. The van der Waals surface area contributed by atoms with E-state index in [-0.39, 0.29) is 12.3 Å². The molecule has 23 heavy (non-hydrogen) atoms. The lowest BCUT2D eigenvalue weighted by molar-refractivity contribution is -0.115. The number of carbonyl (C=O) groups is 1. The van der Waals surface area contributed by atoms with Crippen molar-refractivity contribution in [3.05, 3.63) is 59.9 Å². The van der Waals surface area contributed by atoms with Gasteiger partial charge in [-0.1, -0.05) is 6.07 Å². The zero-order valence-corrected chi connectivity index (χ0v) is 13.3. The summed E-state index contributed by atoms with van der Waals surface area (Å²) in [6.45, 7) is 0. The maximum atomic E-state index is 12.1. The molecule has 0 saturated carbocycles. The molecule has 0 bridgehead atoms. The number of carbonyl (C=O) groups excluding carboxylic acids is 1. The van der Waals surface area contributed by atoms with Crippen molar-refractivity contribution in [3.8, 4) is 16.3 Å². The van der Waals surface area contributed by atoms with E-state index in [1.165, 1.54) is 11.3 Å². The average molecular weight is 325 g/mol. The topological polar surface area (TPSA) is 64.1 Å². The van der Waals surface area contributed by atoms with E-state index in [1.54, 1.807) is 25.6 Å². The first-order chi connectivity index (χ1) is 11.2. The number of hydrogen-bond donors (Lipinski definition) is 1. The molecule has 5 nitrogen and oxygen atoms in total. The van der Waals surface area contributed by atoms with E-state index in [9.17, 15) is 4.79 Å². The molecule has 1 N–H and O–H groups in total. The number of nitrogens with one attached hydrogen (secondary N) is 1. The minimum atomic E-state index is -0.110. The third kappa shape index (κ3) is 3.92. The molecule has 3 aromatic rings. The Balaban J connectivity index is 1.65. The Hall–Kier alpha value is -2.73. The van der Waals surface area contributed by atoms with Gasteiger partial charge in [0.15, 0.2) is 0 Å². The van der Waals surface area contributed by atoms with Gasteiger partial charge in [0, 0.05) is 35.1 Å². The molecule has 2 aromatic heterocycles. The summed E-state index contributed by atoms with van der Waals surface area (Å²) in [5, 5.41) is 5.61. The molecule has 2 heterocycles. The Bertz CT molecular complexity index is 802. The normalized spacial score (nSPS) is 10.3. The predicted molar refractivity (Wildman–Crippen MR) is 90.7 cm³/mol. The summed E-state index contributed by atoms with van der Waals surface area (Å²) in [7, 11) is 1.59. The fraction of sp³-hybridized carbons (Fsp3) is 0.118. The Morgan fingerprint density at radius 3 is 3.00 bits per heavy atom. The number of methoxy groups -OCH3 is 1. The highest BCUT2D eigenvalue weighted by Crippen LogP contribution is 2.23. The van der Waals surface area contributed by atoms with Crippen LogP contribution in [0.5, 0.6) is 5.75 Å². The van der Waals surface area contributed by atoms with Crippen molar-refractivity contribution in [1.29, 1.82) is 0 Å². The Morgan fingerprint density at radius 2 is 2.22 bits per heavy atom. The number of thiazole rings is 1. The summed E-state index contributed by atoms with van der Waals surface area (Å²) < 4.78 is 5.14. The first-order valence-corrected chi connectivity index (χ1v) is 7.91. The van der Waals surface area contributed by atoms with Crippen molar-refractivity contribution < 1.29 is 9.53 Å². The molecule has 0 saturated heterocycles.